The van der Waals surface area contributed by atoms with Gasteiger partial charge in [0.2, 0.25) is 0 Å². The maximum absolute atomic E-state index is 12.3. The first-order chi connectivity index (χ1) is 10.2. The normalized spacial score (nSPS) is 16.9. The Labute approximate surface area is 128 Å². The summed E-state index contributed by atoms with van der Waals surface area (Å²) < 4.78 is 0. The highest BCUT2D eigenvalue weighted by molar-refractivity contribution is 5.94. The molecule has 0 atom stereocenters. The van der Waals surface area contributed by atoms with Crippen LogP contribution < -0.4 is 5.32 Å². The standard InChI is InChI=1S/C18H28N2O/c1-3-5-15-6-8-16(9-7-15)18(21)19-17-10-13-20(12-4-2)14-11-17/h6-9,17H,3-5,10-14H2,1-2H3,(H,19,21). The van der Waals surface area contributed by atoms with Crippen LogP contribution in [-0.4, -0.2) is 36.5 Å². The molecule has 0 radical (unpaired) electrons. The van der Waals surface area contributed by atoms with E-state index in [0.29, 0.717) is 6.04 Å². The summed E-state index contributed by atoms with van der Waals surface area (Å²) in [5.41, 5.74) is 2.09. The number of amides is 1. The highest BCUT2D eigenvalue weighted by Gasteiger charge is 2.20. The molecule has 1 saturated heterocycles. The van der Waals surface area contributed by atoms with Gasteiger partial charge in [0.05, 0.1) is 0 Å². The van der Waals surface area contributed by atoms with Crippen molar-refractivity contribution in [1.82, 2.24) is 10.2 Å². The molecule has 1 aromatic rings. The third kappa shape index (κ3) is 4.85. The molecular weight excluding hydrogens is 260 g/mol. The van der Waals surface area contributed by atoms with Crippen molar-refractivity contribution in [2.45, 2.75) is 52.0 Å². The van der Waals surface area contributed by atoms with Gasteiger partial charge in [-0.15, -0.1) is 0 Å². The van der Waals surface area contributed by atoms with Crippen LogP contribution in [-0.2, 0) is 6.42 Å². The van der Waals surface area contributed by atoms with Gasteiger partial charge in [-0.3, -0.25) is 4.79 Å². The lowest BCUT2D eigenvalue weighted by Crippen LogP contribution is -2.44. The number of carbonyl (C=O) groups is 1. The number of likely N-dealkylation sites (tertiary alicyclic amines) is 1. The summed E-state index contributed by atoms with van der Waals surface area (Å²) >= 11 is 0. The van der Waals surface area contributed by atoms with E-state index in [9.17, 15) is 4.79 Å². The summed E-state index contributed by atoms with van der Waals surface area (Å²) in [6, 6.07) is 8.38. The minimum absolute atomic E-state index is 0.0759. The lowest BCUT2D eigenvalue weighted by Gasteiger charge is -2.32. The average molecular weight is 288 g/mol. The Bertz CT molecular complexity index is 433. The number of aryl methyl sites for hydroxylation is 1. The van der Waals surface area contributed by atoms with Crippen molar-refractivity contribution < 1.29 is 4.79 Å². The van der Waals surface area contributed by atoms with Crippen molar-refractivity contribution in [2.24, 2.45) is 0 Å². The molecule has 2 rings (SSSR count). The van der Waals surface area contributed by atoms with Crippen LogP contribution in [0.2, 0.25) is 0 Å². The van der Waals surface area contributed by atoms with E-state index in [1.54, 1.807) is 0 Å². The highest BCUT2D eigenvalue weighted by Crippen LogP contribution is 2.12. The molecule has 0 unspecified atom stereocenters. The van der Waals surface area contributed by atoms with E-state index in [0.717, 1.165) is 44.3 Å². The zero-order chi connectivity index (χ0) is 15.1. The van der Waals surface area contributed by atoms with Crippen LogP contribution in [0.3, 0.4) is 0 Å². The second-order valence-electron chi connectivity index (χ2n) is 6.04. The predicted molar refractivity (Wildman–Crippen MR) is 87.7 cm³/mol. The minimum atomic E-state index is 0.0759. The summed E-state index contributed by atoms with van der Waals surface area (Å²) in [5.74, 6) is 0.0759. The number of benzene rings is 1. The third-order valence-corrected chi connectivity index (χ3v) is 4.22. The summed E-state index contributed by atoms with van der Waals surface area (Å²) in [6.07, 6.45) is 5.57. The third-order valence-electron chi connectivity index (χ3n) is 4.22. The van der Waals surface area contributed by atoms with Gasteiger partial charge in [-0.1, -0.05) is 32.4 Å². The van der Waals surface area contributed by atoms with Gasteiger partial charge in [0.15, 0.2) is 0 Å². The molecule has 3 heteroatoms. The monoisotopic (exact) mass is 288 g/mol. The fourth-order valence-corrected chi connectivity index (χ4v) is 3.00. The molecule has 116 valence electrons. The molecule has 3 nitrogen and oxygen atoms in total. The number of hydrogen-bond acceptors (Lipinski definition) is 2. The van der Waals surface area contributed by atoms with Gasteiger partial charge in [0.25, 0.3) is 5.91 Å². The fraction of sp³-hybridized carbons (Fsp3) is 0.611. The summed E-state index contributed by atoms with van der Waals surface area (Å²) in [6.45, 7) is 7.78. The van der Waals surface area contributed by atoms with Crippen LogP contribution in [0, 0.1) is 0 Å². The molecule has 1 aliphatic rings. The van der Waals surface area contributed by atoms with Crippen molar-refractivity contribution in [3.8, 4) is 0 Å². The fourth-order valence-electron chi connectivity index (χ4n) is 3.00. The Morgan fingerprint density at radius 2 is 1.81 bits per heavy atom. The minimum Gasteiger partial charge on any atom is -0.349 e. The second kappa shape index (κ2) is 8.18. The first-order valence-corrected chi connectivity index (χ1v) is 8.35. The molecule has 0 saturated carbocycles. The molecular formula is C18H28N2O. The summed E-state index contributed by atoms with van der Waals surface area (Å²) in [7, 11) is 0. The van der Waals surface area contributed by atoms with Gasteiger partial charge in [-0.25, -0.2) is 0 Å². The molecule has 1 aliphatic heterocycles. The van der Waals surface area contributed by atoms with Gasteiger partial charge >= 0.3 is 0 Å². The van der Waals surface area contributed by atoms with Crippen molar-refractivity contribution in [1.29, 1.82) is 0 Å². The van der Waals surface area contributed by atoms with E-state index in [1.165, 1.54) is 18.5 Å². The molecule has 1 heterocycles. The SMILES string of the molecule is CCCc1ccc(C(=O)NC2CCN(CCC)CC2)cc1. The molecule has 1 fully saturated rings. The van der Waals surface area contributed by atoms with Crippen LogP contribution >= 0.6 is 0 Å². The first-order valence-electron chi connectivity index (χ1n) is 8.35. The van der Waals surface area contributed by atoms with Crippen molar-refractivity contribution >= 4 is 5.91 Å². The molecule has 0 bridgehead atoms. The molecule has 1 aromatic carbocycles. The molecule has 1 N–H and O–H groups in total. The van der Waals surface area contributed by atoms with Crippen molar-refractivity contribution in [3.63, 3.8) is 0 Å². The lowest BCUT2D eigenvalue weighted by atomic mass is 10.0. The molecule has 0 aromatic heterocycles. The Morgan fingerprint density at radius 1 is 1.14 bits per heavy atom. The smallest absolute Gasteiger partial charge is 0.251 e. The van der Waals surface area contributed by atoms with Crippen molar-refractivity contribution in [2.75, 3.05) is 19.6 Å². The lowest BCUT2D eigenvalue weighted by molar-refractivity contribution is 0.0911. The van der Waals surface area contributed by atoms with E-state index < -0.39 is 0 Å². The Balaban J connectivity index is 1.81. The van der Waals surface area contributed by atoms with Crippen LogP contribution in [0.25, 0.3) is 0 Å². The number of nitrogens with zero attached hydrogens (tertiary/aromatic N) is 1. The van der Waals surface area contributed by atoms with Gasteiger partial charge in [-0.05, 0) is 49.9 Å². The highest BCUT2D eigenvalue weighted by atomic mass is 16.1. The first kappa shape index (κ1) is 16.0. The number of piperidine rings is 1. The maximum atomic E-state index is 12.3. The van der Waals surface area contributed by atoms with Crippen LogP contribution in [0.15, 0.2) is 24.3 Å². The Kier molecular flexibility index (Phi) is 6.24. The topological polar surface area (TPSA) is 32.3 Å². The number of rotatable bonds is 6. The summed E-state index contributed by atoms with van der Waals surface area (Å²) in [4.78, 5) is 14.8. The zero-order valence-electron chi connectivity index (χ0n) is 13.4. The number of hydrogen-bond donors (Lipinski definition) is 1. The van der Waals surface area contributed by atoms with Gasteiger partial charge in [0, 0.05) is 24.7 Å². The zero-order valence-corrected chi connectivity index (χ0v) is 13.4. The van der Waals surface area contributed by atoms with Gasteiger partial charge in [-0.2, -0.15) is 0 Å². The number of carbonyl (C=O) groups excluding carboxylic acids is 1. The van der Waals surface area contributed by atoms with E-state index in [1.807, 2.05) is 12.1 Å². The maximum Gasteiger partial charge on any atom is 0.251 e. The Hall–Kier alpha value is -1.35. The molecule has 21 heavy (non-hydrogen) atoms. The Morgan fingerprint density at radius 3 is 2.38 bits per heavy atom. The van der Waals surface area contributed by atoms with E-state index >= 15 is 0 Å². The van der Waals surface area contributed by atoms with E-state index in [-0.39, 0.29) is 5.91 Å². The second-order valence-corrected chi connectivity index (χ2v) is 6.04. The summed E-state index contributed by atoms with van der Waals surface area (Å²) in [5, 5.41) is 3.18. The van der Waals surface area contributed by atoms with E-state index in [2.05, 4.69) is 36.2 Å². The molecule has 0 aliphatic carbocycles. The van der Waals surface area contributed by atoms with Gasteiger partial charge in [0.1, 0.15) is 0 Å². The van der Waals surface area contributed by atoms with Crippen LogP contribution in [0.5, 0.6) is 0 Å². The quantitative estimate of drug-likeness (QED) is 0.871. The molecule has 1 amide bonds. The average Bonchev–Trinajstić information content (AvgIpc) is 2.50. The largest absolute Gasteiger partial charge is 0.349 e. The van der Waals surface area contributed by atoms with Crippen LogP contribution in [0.1, 0.15) is 55.5 Å². The predicted octanol–water partition coefficient (Wildman–Crippen LogP) is 3.24. The van der Waals surface area contributed by atoms with E-state index in [4.69, 9.17) is 0 Å². The van der Waals surface area contributed by atoms with Crippen molar-refractivity contribution in [3.05, 3.63) is 35.4 Å². The number of nitrogens with one attached hydrogen (secondary N) is 1. The van der Waals surface area contributed by atoms with Gasteiger partial charge < -0.3 is 10.2 Å². The van der Waals surface area contributed by atoms with Crippen LogP contribution in [0.4, 0.5) is 0 Å². The molecule has 0 spiro atoms.